The molecule has 0 unspecified atom stereocenters. The van der Waals surface area contributed by atoms with E-state index in [2.05, 4.69) is 10.1 Å². The minimum absolute atomic E-state index is 0.0793. The van der Waals surface area contributed by atoms with Gasteiger partial charge in [0.1, 0.15) is 5.76 Å². The Kier molecular flexibility index (Phi) is 7.64. The summed E-state index contributed by atoms with van der Waals surface area (Å²) >= 11 is 0. The first-order chi connectivity index (χ1) is 13.5. The lowest BCUT2D eigenvalue weighted by molar-refractivity contribution is -0.192. The molecular formula is C18H26F3N3O5. The van der Waals surface area contributed by atoms with Crippen LogP contribution in [0.5, 0.6) is 0 Å². The van der Waals surface area contributed by atoms with Crippen molar-refractivity contribution >= 4 is 11.9 Å². The first-order valence-electron chi connectivity index (χ1n) is 9.26. The molecule has 29 heavy (non-hydrogen) atoms. The van der Waals surface area contributed by atoms with E-state index in [1.54, 1.807) is 4.90 Å². The second-order valence-electron chi connectivity index (χ2n) is 7.46. The third-order valence-electron chi connectivity index (χ3n) is 5.02. The van der Waals surface area contributed by atoms with Crippen molar-refractivity contribution in [2.75, 3.05) is 33.8 Å². The topological polar surface area (TPSA) is 96.1 Å². The molecule has 0 aliphatic carbocycles. The van der Waals surface area contributed by atoms with Crippen molar-refractivity contribution in [2.45, 2.75) is 38.6 Å². The van der Waals surface area contributed by atoms with Gasteiger partial charge in [-0.1, -0.05) is 5.16 Å². The largest absolute Gasteiger partial charge is 0.490 e. The second kappa shape index (κ2) is 9.57. The van der Waals surface area contributed by atoms with Crippen molar-refractivity contribution in [3.63, 3.8) is 0 Å². The number of nitrogens with zero attached hydrogens (tertiary/aromatic N) is 3. The van der Waals surface area contributed by atoms with Crippen LogP contribution < -0.4 is 0 Å². The van der Waals surface area contributed by atoms with E-state index in [0.717, 1.165) is 43.9 Å². The molecule has 3 atom stereocenters. The van der Waals surface area contributed by atoms with E-state index in [9.17, 15) is 18.0 Å². The minimum atomic E-state index is -5.08. The molecule has 1 N–H and O–H groups in total. The van der Waals surface area contributed by atoms with Crippen molar-refractivity contribution in [3.8, 4) is 0 Å². The Morgan fingerprint density at radius 3 is 2.52 bits per heavy atom. The van der Waals surface area contributed by atoms with Crippen LogP contribution in [-0.2, 0) is 20.9 Å². The number of aromatic nitrogens is 1. The molecule has 8 nitrogen and oxygen atoms in total. The first kappa shape index (κ1) is 23.1. The Labute approximate surface area is 166 Å². The molecule has 2 aliphatic heterocycles. The van der Waals surface area contributed by atoms with Gasteiger partial charge in [-0.25, -0.2) is 4.79 Å². The van der Waals surface area contributed by atoms with Gasteiger partial charge in [-0.15, -0.1) is 0 Å². The summed E-state index contributed by atoms with van der Waals surface area (Å²) in [5.41, 5.74) is 0.961. The van der Waals surface area contributed by atoms with Gasteiger partial charge in [0.2, 0.25) is 5.91 Å². The Morgan fingerprint density at radius 1 is 1.34 bits per heavy atom. The van der Waals surface area contributed by atoms with Crippen LogP contribution in [0.25, 0.3) is 0 Å². The number of halogens is 3. The summed E-state index contributed by atoms with van der Waals surface area (Å²) in [7, 11) is 3.68. The zero-order valence-electron chi connectivity index (χ0n) is 16.6. The average Bonchev–Trinajstić information content (AvgIpc) is 3.05. The first-order valence-corrected chi connectivity index (χ1v) is 9.26. The fraction of sp³-hybridized carbons (Fsp3) is 0.722. The number of alkyl halides is 3. The number of aliphatic carboxylic acids is 1. The van der Waals surface area contributed by atoms with E-state index in [1.165, 1.54) is 0 Å². The number of aryl methyl sites for hydroxylation is 1. The van der Waals surface area contributed by atoms with Crippen LogP contribution in [0.3, 0.4) is 0 Å². The van der Waals surface area contributed by atoms with Crippen LogP contribution in [0.2, 0.25) is 0 Å². The number of hydrogen-bond acceptors (Lipinski definition) is 6. The average molecular weight is 421 g/mol. The molecule has 0 spiro atoms. The van der Waals surface area contributed by atoms with Gasteiger partial charge in [0.25, 0.3) is 0 Å². The van der Waals surface area contributed by atoms with Crippen molar-refractivity contribution < 1.29 is 37.1 Å². The van der Waals surface area contributed by atoms with Crippen LogP contribution in [-0.4, -0.2) is 78.0 Å². The molecule has 3 rings (SSSR count). The Bertz CT molecular complexity index is 707. The second-order valence-corrected chi connectivity index (χ2v) is 7.46. The lowest BCUT2D eigenvalue weighted by Crippen LogP contribution is -2.53. The van der Waals surface area contributed by atoms with Gasteiger partial charge >= 0.3 is 12.1 Å². The number of carboxylic acids is 1. The fourth-order valence-electron chi connectivity index (χ4n) is 3.69. The Balaban J connectivity index is 0.000000370. The summed E-state index contributed by atoms with van der Waals surface area (Å²) < 4.78 is 42.8. The molecule has 0 saturated carbocycles. The number of ether oxygens (including phenoxy) is 1. The van der Waals surface area contributed by atoms with Gasteiger partial charge in [-0.2, -0.15) is 13.2 Å². The highest BCUT2D eigenvalue weighted by Gasteiger charge is 2.42. The number of fused-ring (bicyclic) bond motifs is 1. The van der Waals surface area contributed by atoms with E-state index in [4.69, 9.17) is 19.2 Å². The molecule has 1 amide bonds. The smallest absolute Gasteiger partial charge is 0.475 e. The maximum absolute atomic E-state index is 12.4. The summed E-state index contributed by atoms with van der Waals surface area (Å²) in [6.45, 7) is 5.26. The molecule has 0 aromatic carbocycles. The van der Waals surface area contributed by atoms with Gasteiger partial charge in [-0.3, -0.25) is 9.69 Å². The zero-order chi connectivity index (χ0) is 21.8. The molecule has 1 aromatic rings. The third-order valence-corrected chi connectivity index (χ3v) is 5.02. The Hall–Kier alpha value is -2.14. The number of carboxylic acid groups (broad SMARTS) is 1. The minimum Gasteiger partial charge on any atom is -0.475 e. The molecule has 0 radical (unpaired) electrons. The highest BCUT2D eigenvalue weighted by Crippen LogP contribution is 2.34. The number of amides is 1. The number of hydrogen-bond donors (Lipinski definition) is 1. The van der Waals surface area contributed by atoms with Gasteiger partial charge < -0.3 is 19.3 Å². The van der Waals surface area contributed by atoms with E-state index in [1.807, 2.05) is 27.1 Å². The van der Waals surface area contributed by atoms with Crippen LogP contribution in [0, 0.1) is 18.8 Å². The third kappa shape index (κ3) is 6.43. The quantitative estimate of drug-likeness (QED) is 0.797. The molecular weight excluding hydrogens is 395 g/mol. The highest BCUT2D eigenvalue weighted by atomic mass is 19.4. The van der Waals surface area contributed by atoms with Crippen LogP contribution in [0.15, 0.2) is 10.6 Å². The predicted molar refractivity (Wildman–Crippen MR) is 94.9 cm³/mol. The van der Waals surface area contributed by atoms with Gasteiger partial charge in [0.15, 0.2) is 0 Å². The fourth-order valence-corrected chi connectivity index (χ4v) is 3.69. The predicted octanol–water partition coefficient (Wildman–Crippen LogP) is 1.93. The van der Waals surface area contributed by atoms with E-state index >= 15 is 0 Å². The van der Waals surface area contributed by atoms with E-state index < -0.39 is 12.1 Å². The summed E-state index contributed by atoms with van der Waals surface area (Å²) in [6, 6.07) is 1.98. The summed E-state index contributed by atoms with van der Waals surface area (Å²) in [4.78, 5) is 25.4. The normalized spacial score (nSPS) is 24.8. The van der Waals surface area contributed by atoms with E-state index in [-0.39, 0.29) is 23.8 Å². The summed E-state index contributed by atoms with van der Waals surface area (Å²) in [6.07, 6.45) is -3.05. The molecule has 2 fully saturated rings. The monoisotopic (exact) mass is 421 g/mol. The number of likely N-dealkylation sites (tertiary alicyclic amines) is 1. The van der Waals surface area contributed by atoms with E-state index in [0.29, 0.717) is 6.61 Å². The van der Waals surface area contributed by atoms with Crippen LogP contribution >= 0.6 is 0 Å². The van der Waals surface area contributed by atoms with Crippen molar-refractivity contribution in [1.82, 2.24) is 15.0 Å². The maximum Gasteiger partial charge on any atom is 0.490 e. The maximum atomic E-state index is 12.4. The number of rotatable bonds is 3. The molecule has 2 aliphatic rings. The summed E-state index contributed by atoms with van der Waals surface area (Å²) in [5, 5.41) is 11.2. The molecule has 0 bridgehead atoms. The van der Waals surface area contributed by atoms with Gasteiger partial charge in [0, 0.05) is 58.2 Å². The number of carbonyl (C=O) groups excluding carboxylic acids is 1. The molecule has 11 heteroatoms. The number of carbonyl (C=O) groups is 2. The molecule has 2 saturated heterocycles. The van der Waals surface area contributed by atoms with Gasteiger partial charge in [-0.05, 0) is 19.8 Å². The number of piperidine rings is 1. The van der Waals surface area contributed by atoms with Crippen molar-refractivity contribution in [3.05, 3.63) is 17.5 Å². The van der Waals surface area contributed by atoms with Gasteiger partial charge in [0.05, 0.1) is 11.8 Å². The van der Waals surface area contributed by atoms with Crippen molar-refractivity contribution in [2.24, 2.45) is 11.8 Å². The lowest BCUT2D eigenvalue weighted by Gasteiger charge is -2.44. The van der Waals surface area contributed by atoms with Crippen LogP contribution in [0.1, 0.15) is 24.3 Å². The molecule has 3 heterocycles. The zero-order valence-corrected chi connectivity index (χ0v) is 16.6. The highest BCUT2D eigenvalue weighted by molar-refractivity contribution is 5.78. The Morgan fingerprint density at radius 2 is 2.00 bits per heavy atom. The SMILES string of the molecule is Cc1cc(CN2CC[C@H]3OCC[C@@H](C(=O)N(C)C)[C@H]3C2)no1.O=C(O)C(F)(F)F. The molecule has 164 valence electrons. The van der Waals surface area contributed by atoms with Crippen LogP contribution in [0.4, 0.5) is 13.2 Å². The lowest BCUT2D eigenvalue weighted by atomic mass is 9.78. The standard InChI is InChI=1S/C16H25N3O3.C2HF3O2/c1-11-8-12(17-22-11)9-19-6-4-15-14(10-19)13(5-7-21-15)16(20)18(2)3;3-2(4,5)1(6)7/h8,13-15H,4-7,9-10H2,1-3H3;(H,6,7)/t13-,14-,15-;/m1./s1. The molecule has 1 aromatic heterocycles. The summed E-state index contributed by atoms with van der Waals surface area (Å²) in [5.74, 6) is -1.32. The van der Waals surface area contributed by atoms with Crippen molar-refractivity contribution in [1.29, 1.82) is 0 Å².